The minimum atomic E-state index is 0.194. The van der Waals surface area contributed by atoms with Crippen LogP contribution in [-0.4, -0.2) is 20.8 Å². The number of aromatic nitrogens is 3. The van der Waals surface area contributed by atoms with Gasteiger partial charge in [-0.1, -0.05) is 31.5 Å². The van der Waals surface area contributed by atoms with Crippen molar-refractivity contribution in [3.05, 3.63) is 23.8 Å². The van der Waals surface area contributed by atoms with E-state index in [1.807, 2.05) is 4.68 Å². The first-order chi connectivity index (χ1) is 15.4. The Morgan fingerprint density at radius 2 is 1.91 bits per heavy atom. The number of nitrogens with zero attached hydrogens (tertiary/aromatic N) is 3. The third-order valence-electron chi connectivity index (χ3n) is 10.6. The van der Waals surface area contributed by atoms with E-state index in [1.165, 1.54) is 56.9 Å². The highest BCUT2D eigenvalue weighted by molar-refractivity contribution is 5.84. The highest BCUT2D eigenvalue weighted by atomic mass is 16.1. The number of carbonyl (C=O) groups excluding carboxylic acids is 1. The molecule has 1 aromatic heterocycles. The summed E-state index contributed by atoms with van der Waals surface area (Å²) in [6.07, 6.45) is 12.2. The molecule has 4 aliphatic rings. The van der Waals surface area contributed by atoms with Gasteiger partial charge in [0.1, 0.15) is 12.1 Å². The third-order valence-corrected chi connectivity index (χ3v) is 10.6. The minimum absolute atomic E-state index is 0.194. The van der Waals surface area contributed by atoms with E-state index in [4.69, 9.17) is 0 Å². The molecule has 0 bridgehead atoms. The van der Waals surface area contributed by atoms with Crippen molar-refractivity contribution in [1.82, 2.24) is 15.0 Å². The van der Waals surface area contributed by atoms with Gasteiger partial charge >= 0.3 is 0 Å². The molecule has 0 aliphatic heterocycles. The molecule has 8 unspecified atom stereocenters. The van der Waals surface area contributed by atoms with Crippen LogP contribution < -0.4 is 0 Å². The maximum atomic E-state index is 13.6. The van der Waals surface area contributed by atoms with Crippen molar-refractivity contribution in [2.45, 2.75) is 85.1 Å². The highest BCUT2D eigenvalue weighted by Crippen LogP contribution is 2.64. The first-order valence-corrected chi connectivity index (χ1v) is 13.3. The van der Waals surface area contributed by atoms with E-state index in [1.54, 1.807) is 0 Å². The Morgan fingerprint density at radius 1 is 1.06 bits per heavy atom. The van der Waals surface area contributed by atoms with E-state index < -0.39 is 0 Å². The largest absolute Gasteiger partial charge is 0.297 e. The van der Waals surface area contributed by atoms with Crippen LogP contribution in [0, 0.1) is 53.8 Å². The third kappa shape index (κ3) is 3.19. The number of Topliss-reactive ketones (excluding diaryl/α,β-unsaturated/α-hetero) is 1. The zero-order valence-electron chi connectivity index (χ0n) is 20.1. The van der Waals surface area contributed by atoms with Crippen molar-refractivity contribution in [1.29, 1.82) is 0 Å². The molecule has 1 aromatic carbocycles. The second-order valence-electron chi connectivity index (χ2n) is 12.2. The van der Waals surface area contributed by atoms with Gasteiger partial charge in [-0.2, -0.15) is 0 Å². The number of benzene rings is 1. The lowest BCUT2D eigenvalue weighted by molar-refractivity contribution is -0.131. The molecule has 2 aromatic rings. The Balaban J connectivity index is 1.20. The van der Waals surface area contributed by atoms with Crippen LogP contribution in [0.5, 0.6) is 0 Å². The van der Waals surface area contributed by atoms with Gasteiger partial charge in [0.2, 0.25) is 0 Å². The summed E-state index contributed by atoms with van der Waals surface area (Å²) in [5, 5.41) is 8.65. The summed E-state index contributed by atoms with van der Waals surface area (Å²) in [4.78, 5) is 13.6. The second kappa shape index (κ2) is 7.67. The van der Waals surface area contributed by atoms with Gasteiger partial charge in [0.05, 0.1) is 5.52 Å². The van der Waals surface area contributed by atoms with Crippen molar-refractivity contribution in [2.75, 3.05) is 0 Å². The van der Waals surface area contributed by atoms with Gasteiger partial charge in [-0.3, -0.25) is 4.79 Å². The smallest absolute Gasteiger partial charge is 0.157 e. The fourth-order valence-corrected chi connectivity index (χ4v) is 9.07. The maximum Gasteiger partial charge on any atom is 0.157 e. The van der Waals surface area contributed by atoms with Gasteiger partial charge < -0.3 is 0 Å². The molecule has 4 nitrogen and oxygen atoms in total. The summed E-state index contributed by atoms with van der Waals surface area (Å²) in [5.74, 6) is 6.06. The van der Waals surface area contributed by atoms with Gasteiger partial charge in [-0.25, -0.2) is 4.68 Å². The summed E-state index contributed by atoms with van der Waals surface area (Å²) >= 11 is 0. The molecule has 1 heterocycles. The number of fused-ring (bicyclic) bond motifs is 6. The monoisotopic (exact) mass is 433 g/mol. The number of aryl methyl sites for hydroxylation is 1. The molecule has 0 radical (unpaired) electrons. The van der Waals surface area contributed by atoms with E-state index in [0.717, 1.165) is 53.0 Å². The lowest BCUT2D eigenvalue weighted by Crippen LogP contribution is -2.49. The molecular formula is C28H39N3O. The molecule has 4 aliphatic carbocycles. The van der Waals surface area contributed by atoms with Crippen LogP contribution in [0.15, 0.2) is 18.2 Å². The highest BCUT2D eigenvalue weighted by Gasteiger charge is 2.58. The summed E-state index contributed by atoms with van der Waals surface area (Å²) in [7, 11) is 0. The number of ketones is 1. The molecule has 6 rings (SSSR count). The minimum Gasteiger partial charge on any atom is -0.297 e. The lowest BCUT2D eigenvalue weighted by atomic mass is 9.49. The van der Waals surface area contributed by atoms with Gasteiger partial charge in [-0.05, 0) is 117 Å². The summed E-state index contributed by atoms with van der Waals surface area (Å²) < 4.78 is 1.84. The molecule has 0 N–H and O–H groups in total. The van der Waals surface area contributed by atoms with Gasteiger partial charge in [0, 0.05) is 5.92 Å². The first-order valence-electron chi connectivity index (χ1n) is 13.3. The van der Waals surface area contributed by atoms with Crippen molar-refractivity contribution < 1.29 is 4.79 Å². The molecule has 4 heteroatoms. The summed E-state index contributed by atoms with van der Waals surface area (Å²) in [5.41, 5.74) is 3.26. The fraction of sp³-hybridized carbons (Fsp3) is 0.750. The zero-order valence-corrected chi connectivity index (χ0v) is 20.1. The normalized spacial score (nSPS) is 41.2. The average molecular weight is 434 g/mol. The molecule has 32 heavy (non-hydrogen) atoms. The Bertz CT molecular complexity index is 1030. The predicted octanol–water partition coefficient (Wildman–Crippen LogP) is 6.21. The van der Waals surface area contributed by atoms with Crippen LogP contribution in [0.4, 0.5) is 0 Å². The van der Waals surface area contributed by atoms with Crippen LogP contribution in [0.2, 0.25) is 0 Å². The van der Waals surface area contributed by atoms with Crippen molar-refractivity contribution in [3.8, 4) is 0 Å². The number of hydrogen-bond donors (Lipinski definition) is 0. The van der Waals surface area contributed by atoms with Crippen LogP contribution in [0.25, 0.3) is 11.0 Å². The number of rotatable bonds is 3. The van der Waals surface area contributed by atoms with Crippen LogP contribution in [0.3, 0.4) is 0 Å². The van der Waals surface area contributed by atoms with E-state index in [9.17, 15) is 4.79 Å². The Kier molecular flexibility index (Phi) is 5.00. The van der Waals surface area contributed by atoms with Gasteiger partial charge in [0.15, 0.2) is 5.78 Å². The topological polar surface area (TPSA) is 47.8 Å². The summed E-state index contributed by atoms with van der Waals surface area (Å²) in [6, 6.07) is 6.20. The maximum absolute atomic E-state index is 13.6. The second-order valence-corrected chi connectivity index (χ2v) is 12.2. The molecule has 0 saturated heterocycles. The van der Waals surface area contributed by atoms with Gasteiger partial charge in [0.25, 0.3) is 0 Å². The van der Waals surface area contributed by atoms with Crippen LogP contribution >= 0.6 is 0 Å². The van der Waals surface area contributed by atoms with Crippen molar-refractivity contribution >= 4 is 16.8 Å². The molecular weight excluding hydrogens is 394 g/mol. The number of carbonyl (C=O) groups is 1. The molecule has 172 valence electrons. The van der Waals surface area contributed by atoms with E-state index in [2.05, 4.69) is 49.3 Å². The van der Waals surface area contributed by atoms with Crippen molar-refractivity contribution in [2.24, 2.45) is 46.8 Å². The average Bonchev–Trinajstić information content (AvgIpc) is 3.33. The Morgan fingerprint density at radius 3 is 2.78 bits per heavy atom. The van der Waals surface area contributed by atoms with E-state index in [0.29, 0.717) is 12.3 Å². The molecule has 0 amide bonds. The van der Waals surface area contributed by atoms with Gasteiger partial charge in [-0.15, -0.1) is 5.10 Å². The zero-order chi connectivity index (χ0) is 22.0. The Labute approximate surface area is 192 Å². The Hall–Kier alpha value is -1.71. The van der Waals surface area contributed by atoms with Crippen molar-refractivity contribution in [3.63, 3.8) is 0 Å². The van der Waals surface area contributed by atoms with Crippen LogP contribution in [-0.2, 0) is 11.3 Å². The molecule has 4 fully saturated rings. The first kappa shape index (κ1) is 20.9. The predicted molar refractivity (Wildman–Crippen MR) is 127 cm³/mol. The summed E-state index contributed by atoms with van der Waals surface area (Å²) in [6.45, 7) is 7.39. The molecule has 0 spiro atoms. The standard InChI is InChI=1S/C28H39N3O/c1-17-4-7-20-19(14-17)6-8-22-21(20)12-13-28(3)23(22)9-10-24(28)27(32)16-31-26-11-5-18(2)15-25(26)29-30-31/h5,11,15,17,19-24H,4,6-10,12-14,16H2,1-3H3. The molecule has 8 atom stereocenters. The molecule has 4 saturated carbocycles. The van der Waals surface area contributed by atoms with E-state index >= 15 is 0 Å². The van der Waals surface area contributed by atoms with E-state index in [-0.39, 0.29) is 11.3 Å². The fourth-order valence-electron chi connectivity index (χ4n) is 9.07. The SMILES string of the molecule is Cc1ccc2c(c1)nnn2CC(=O)C1CCC2C3CCC4CC(C)CCC4C3CCC12C. The van der Waals surface area contributed by atoms with Crippen LogP contribution in [0.1, 0.15) is 77.2 Å². The lowest BCUT2D eigenvalue weighted by Gasteiger charge is -2.56. The number of hydrogen-bond acceptors (Lipinski definition) is 3. The quantitative estimate of drug-likeness (QED) is 0.578.